The molecule has 4 aromatic rings. The van der Waals surface area contributed by atoms with Crippen molar-refractivity contribution in [3.63, 3.8) is 0 Å². The molecule has 0 spiro atoms. The molecule has 0 saturated heterocycles. The molecule has 0 aliphatic heterocycles. The number of carbonyl (C=O) groups excluding carboxylic acids is 1. The van der Waals surface area contributed by atoms with Gasteiger partial charge in [0.25, 0.3) is 0 Å². The molecule has 3 aromatic carbocycles. The molecule has 0 aliphatic carbocycles. The van der Waals surface area contributed by atoms with Crippen molar-refractivity contribution in [3.8, 4) is 22.8 Å². The van der Waals surface area contributed by atoms with E-state index in [0.717, 1.165) is 0 Å². The smallest absolute Gasteiger partial charge is 0.414 e. The van der Waals surface area contributed by atoms with Crippen molar-refractivity contribution < 1.29 is 23.1 Å². The molecule has 33 heavy (non-hydrogen) atoms. The molecule has 8 heteroatoms. The van der Waals surface area contributed by atoms with Crippen molar-refractivity contribution in [2.45, 2.75) is 6.61 Å². The van der Waals surface area contributed by atoms with Gasteiger partial charge in [0.1, 0.15) is 40.7 Å². The highest BCUT2D eigenvalue weighted by molar-refractivity contribution is 6.31. The summed E-state index contributed by atoms with van der Waals surface area (Å²) in [7, 11) is 3.09. The van der Waals surface area contributed by atoms with E-state index in [0.29, 0.717) is 16.9 Å². The van der Waals surface area contributed by atoms with Crippen molar-refractivity contribution in [2.75, 3.05) is 14.1 Å². The van der Waals surface area contributed by atoms with E-state index in [4.69, 9.17) is 25.5 Å². The SMILES string of the molecule is CN(C)C(=O)Oc1cc(OCc2ccc(F)cc2Cl)c2c(=O)cc(-c3ccccc3)oc2c1. The van der Waals surface area contributed by atoms with Gasteiger partial charge in [-0.3, -0.25) is 4.79 Å². The van der Waals surface area contributed by atoms with Gasteiger partial charge in [-0.15, -0.1) is 0 Å². The fraction of sp³-hybridized carbons (Fsp3) is 0.120. The maximum absolute atomic E-state index is 13.4. The summed E-state index contributed by atoms with van der Waals surface area (Å²) in [5, 5.41) is 0.366. The van der Waals surface area contributed by atoms with E-state index in [1.165, 1.54) is 41.3 Å². The molecule has 6 nitrogen and oxygen atoms in total. The van der Waals surface area contributed by atoms with Crippen molar-refractivity contribution in [1.29, 1.82) is 0 Å². The molecule has 1 amide bonds. The van der Waals surface area contributed by atoms with Gasteiger partial charge in [-0.05, 0) is 12.1 Å². The maximum Gasteiger partial charge on any atom is 0.414 e. The van der Waals surface area contributed by atoms with E-state index in [1.807, 2.05) is 30.3 Å². The fourth-order valence-electron chi connectivity index (χ4n) is 3.13. The molecular formula is C25H19ClFNO5. The topological polar surface area (TPSA) is 69.0 Å². The van der Waals surface area contributed by atoms with Gasteiger partial charge in [-0.1, -0.05) is 48.0 Å². The molecule has 0 bridgehead atoms. The second-order valence-corrected chi connectivity index (χ2v) is 7.83. The lowest BCUT2D eigenvalue weighted by molar-refractivity contribution is 0.171. The summed E-state index contributed by atoms with van der Waals surface area (Å²) in [6.07, 6.45) is -0.608. The molecule has 0 radical (unpaired) electrons. The Morgan fingerprint density at radius 2 is 1.82 bits per heavy atom. The van der Waals surface area contributed by atoms with Crippen LogP contribution in [0.5, 0.6) is 11.5 Å². The Morgan fingerprint density at radius 3 is 2.52 bits per heavy atom. The summed E-state index contributed by atoms with van der Waals surface area (Å²) >= 11 is 6.09. The van der Waals surface area contributed by atoms with Crippen LogP contribution in [0.2, 0.25) is 5.02 Å². The number of fused-ring (bicyclic) bond motifs is 1. The number of nitrogens with zero attached hydrogens (tertiary/aromatic N) is 1. The molecule has 4 rings (SSSR count). The largest absolute Gasteiger partial charge is 0.488 e. The maximum atomic E-state index is 13.4. The molecule has 0 aliphatic rings. The van der Waals surface area contributed by atoms with E-state index in [2.05, 4.69) is 0 Å². The Kier molecular flexibility index (Phi) is 6.33. The van der Waals surface area contributed by atoms with Crippen molar-refractivity contribution in [2.24, 2.45) is 0 Å². The Morgan fingerprint density at radius 1 is 1.06 bits per heavy atom. The van der Waals surface area contributed by atoms with Crippen LogP contribution >= 0.6 is 11.6 Å². The van der Waals surface area contributed by atoms with Gasteiger partial charge in [0.15, 0.2) is 5.43 Å². The summed E-state index contributed by atoms with van der Waals surface area (Å²) in [5.74, 6) is 0.162. The fourth-order valence-corrected chi connectivity index (χ4v) is 3.35. The minimum atomic E-state index is -0.608. The van der Waals surface area contributed by atoms with Crippen LogP contribution in [-0.2, 0) is 6.61 Å². The van der Waals surface area contributed by atoms with Crippen LogP contribution in [0.3, 0.4) is 0 Å². The van der Waals surface area contributed by atoms with Gasteiger partial charge in [0.05, 0.1) is 5.02 Å². The van der Waals surface area contributed by atoms with Gasteiger partial charge < -0.3 is 18.8 Å². The number of rotatable bonds is 5. The molecule has 1 heterocycles. The standard InChI is InChI=1S/C25H19ClFNO5/c1-28(2)25(30)32-18-11-22(31-14-16-8-9-17(27)10-19(16)26)24-20(29)13-21(33-23(24)12-18)15-6-4-3-5-7-15/h3-13H,14H2,1-2H3. The highest BCUT2D eigenvalue weighted by Gasteiger charge is 2.17. The molecule has 0 atom stereocenters. The first-order valence-corrected chi connectivity index (χ1v) is 10.3. The zero-order valence-corrected chi connectivity index (χ0v) is 18.6. The van der Waals surface area contributed by atoms with Crippen LogP contribution in [-0.4, -0.2) is 25.1 Å². The van der Waals surface area contributed by atoms with E-state index in [1.54, 1.807) is 14.1 Å². The lowest BCUT2D eigenvalue weighted by atomic mass is 10.1. The Bertz CT molecular complexity index is 1390. The van der Waals surface area contributed by atoms with Gasteiger partial charge in [-0.2, -0.15) is 0 Å². The summed E-state index contributed by atoms with van der Waals surface area (Å²) in [4.78, 5) is 26.4. The Labute approximate surface area is 193 Å². The first-order chi connectivity index (χ1) is 15.8. The van der Waals surface area contributed by atoms with Crippen LogP contribution < -0.4 is 14.9 Å². The zero-order chi connectivity index (χ0) is 23.5. The molecule has 168 valence electrons. The van der Waals surface area contributed by atoms with E-state index in [9.17, 15) is 14.0 Å². The van der Waals surface area contributed by atoms with Gasteiger partial charge in [0, 0.05) is 43.4 Å². The van der Waals surface area contributed by atoms with E-state index >= 15 is 0 Å². The summed E-state index contributed by atoms with van der Waals surface area (Å²) < 4.78 is 30.6. The number of ether oxygens (including phenoxy) is 2. The van der Waals surface area contributed by atoms with Gasteiger partial charge >= 0.3 is 6.09 Å². The lowest BCUT2D eigenvalue weighted by Crippen LogP contribution is -2.25. The Balaban J connectivity index is 1.80. The van der Waals surface area contributed by atoms with Crippen molar-refractivity contribution in [1.82, 2.24) is 4.90 Å². The first kappa shape index (κ1) is 22.4. The summed E-state index contributed by atoms with van der Waals surface area (Å²) in [6, 6.07) is 17.3. The van der Waals surface area contributed by atoms with Crippen molar-refractivity contribution >= 4 is 28.7 Å². The minimum Gasteiger partial charge on any atom is -0.488 e. The number of carbonyl (C=O) groups is 1. The monoisotopic (exact) mass is 467 g/mol. The summed E-state index contributed by atoms with van der Waals surface area (Å²) in [5.41, 5.74) is 1.09. The number of hydrogen-bond donors (Lipinski definition) is 0. The minimum absolute atomic E-state index is 0.0425. The first-order valence-electron chi connectivity index (χ1n) is 9.95. The normalized spacial score (nSPS) is 10.8. The van der Waals surface area contributed by atoms with E-state index in [-0.39, 0.29) is 39.5 Å². The zero-order valence-electron chi connectivity index (χ0n) is 17.8. The predicted octanol–water partition coefficient (Wildman–Crippen LogP) is 5.89. The van der Waals surface area contributed by atoms with Crippen LogP contribution in [0.1, 0.15) is 5.56 Å². The summed E-state index contributed by atoms with van der Waals surface area (Å²) in [6.45, 7) is -0.0425. The molecule has 0 N–H and O–H groups in total. The van der Waals surface area contributed by atoms with Crippen LogP contribution in [0.25, 0.3) is 22.3 Å². The molecular weight excluding hydrogens is 449 g/mol. The average Bonchev–Trinajstić information content (AvgIpc) is 2.78. The second kappa shape index (κ2) is 9.34. The van der Waals surface area contributed by atoms with E-state index < -0.39 is 11.9 Å². The third kappa shape index (κ3) is 4.99. The lowest BCUT2D eigenvalue weighted by Gasteiger charge is -2.14. The average molecular weight is 468 g/mol. The van der Waals surface area contributed by atoms with Gasteiger partial charge in [-0.25, -0.2) is 9.18 Å². The number of hydrogen-bond acceptors (Lipinski definition) is 5. The van der Waals surface area contributed by atoms with Gasteiger partial charge in [0.2, 0.25) is 0 Å². The Hall–Kier alpha value is -3.84. The van der Waals surface area contributed by atoms with Crippen LogP contribution in [0.4, 0.5) is 9.18 Å². The third-order valence-corrected chi connectivity index (χ3v) is 5.15. The quantitative estimate of drug-likeness (QED) is 0.366. The number of amides is 1. The second-order valence-electron chi connectivity index (χ2n) is 7.42. The third-order valence-electron chi connectivity index (χ3n) is 4.79. The molecule has 0 saturated carbocycles. The molecule has 1 aromatic heterocycles. The molecule has 0 unspecified atom stereocenters. The number of benzene rings is 3. The molecule has 0 fully saturated rings. The number of halogens is 2. The van der Waals surface area contributed by atoms with Crippen LogP contribution in [0.15, 0.2) is 75.9 Å². The van der Waals surface area contributed by atoms with Crippen molar-refractivity contribution in [3.05, 3.63) is 93.4 Å². The highest BCUT2D eigenvalue weighted by Crippen LogP contribution is 2.33. The van der Waals surface area contributed by atoms with Crippen LogP contribution in [0, 0.1) is 5.82 Å². The highest BCUT2D eigenvalue weighted by atomic mass is 35.5. The predicted molar refractivity (Wildman–Crippen MR) is 123 cm³/mol.